The standard InChI is InChI=1S/C22H29ClN4O2/c1-15-12-27(13-16(2)29-15)22(28)20-11-24-25-21(20)18-6-8-26(9-7-18)14-17-4-3-5-19(23)10-17/h3-5,10-11,15-16,18H,6-9,12-14H2,1-2H3,(H,24,25)/t15-,16+. The lowest BCUT2D eigenvalue weighted by atomic mass is 9.90. The maximum Gasteiger partial charge on any atom is 0.257 e. The van der Waals surface area contributed by atoms with Crippen LogP contribution in [-0.4, -0.2) is 64.3 Å². The Balaban J connectivity index is 1.38. The van der Waals surface area contributed by atoms with Gasteiger partial charge in [-0.25, -0.2) is 0 Å². The van der Waals surface area contributed by atoms with Crippen LogP contribution in [0.2, 0.25) is 5.02 Å². The number of H-pyrrole nitrogens is 1. The predicted octanol–water partition coefficient (Wildman–Crippen LogP) is 3.69. The maximum absolute atomic E-state index is 13.1. The van der Waals surface area contributed by atoms with Gasteiger partial charge in [0.05, 0.1) is 29.7 Å². The fraction of sp³-hybridized carbons (Fsp3) is 0.545. The number of morpholine rings is 1. The van der Waals surface area contributed by atoms with Crippen molar-refractivity contribution in [2.24, 2.45) is 0 Å². The minimum atomic E-state index is 0.0628. The zero-order valence-corrected chi connectivity index (χ0v) is 17.9. The second kappa shape index (κ2) is 8.86. The lowest BCUT2D eigenvalue weighted by Gasteiger charge is -2.36. The molecule has 2 aliphatic rings. The van der Waals surface area contributed by atoms with Crippen molar-refractivity contribution in [1.82, 2.24) is 20.0 Å². The monoisotopic (exact) mass is 416 g/mol. The first kappa shape index (κ1) is 20.4. The molecular weight excluding hydrogens is 388 g/mol. The van der Waals surface area contributed by atoms with E-state index in [9.17, 15) is 4.79 Å². The van der Waals surface area contributed by atoms with E-state index in [4.69, 9.17) is 16.3 Å². The number of nitrogens with zero attached hydrogens (tertiary/aromatic N) is 3. The summed E-state index contributed by atoms with van der Waals surface area (Å²) in [5.74, 6) is 0.403. The molecule has 0 bridgehead atoms. The van der Waals surface area contributed by atoms with E-state index in [0.29, 0.717) is 19.0 Å². The zero-order chi connectivity index (χ0) is 20.4. The van der Waals surface area contributed by atoms with Crippen molar-refractivity contribution in [3.63, 3.8) is 0 Å². The molecular formula is C22H29ClN4O2. The molecule has 0 unspecified atom stereocenters. The molecule has 2 aromatic rings. The number of aromatic amines is 1. The Labute approximate surface area is 177 Å². The molecule has 4 rings (SSSR count). The van der Waals surface area contributed by atoms with Crippen molar-refractivity contribution < 1.29 is 9.53 Å². The van der Waals surface area contributed by atoms with E-state index in [-0.39, 0.29) is 18.1 Å². The van der Waals surface area contributed by atoms with Crippen LogP contribution in [0.15, 0.2) is 30.5 Å². The third kappa shape index (κ3) is 4.82. The summed E-state index contributed by atoms with van der Waals surface area (Å²) in [6.07, 6.45) is 3.85. The summed E-state index contributed by atoms with van der Waals surface area (Å²) in [7, 11) is 0. The van der Waals surface area contributed by atoms with Crippen LogP contribution in [0, 0.1) is 0 Å². The Bertz CT molecular complexity index is 837. The Kier molecular flexibility index (Phi) is 6.23. The van der Waals surface area contributed by atoms with Gasteiger partial charge in [0.15, 0.2) is 0 Å². The predicted molar refractivity (Wildman–Crippen MR) is 113 cm³/mol. The molecule has 2 atom stereocenters. The van der Waals surface area contributed by atoms with Crippen LogP contribution in [0.25, 0.3) is 0 Å². The molecule has 1 aromatic carbocycles. The first-order valence-corrected chi connectivity index (χ1v) is 10.8. The molecule has 29 heavy (non-hydrogen) atoms. The van der Waals surface area contributed by atoms with Crippen molar-refractivity contribution >= 4 is 17.5 Å². The number of amides is 1. The average molecular weight is 417 g/mol. The fourth-order valence-electron chi connectivity index (χ4n) is 4.57. The van der Waals surface area contributed by atoms with Gasteiger partial charge in [-0.2, -0.15) is 5.10 Å². The van der Waals surface area contributed by atoms with Gasteiger partial charge in [0.2, 0.25) is 0 Å². The van der Waals surface area contributed by atoms with Gasteiger partial charge in [-0.05, 0) is 57.5 Å². The lowest BCUT2D eigenvalue weighted by molar-refractivity contribution is -0.0586. The van der Waals surface area contributed by atoms with E-state index < -0.39 is 0 Å². The molecule has 156 valence electrons. The van der Waals surface area contributed by atoms with Crippen LogP contribution < -0.4 is 0 Å². The van der Waals surface area contributed by atoms with Gasteiger partial charge in [0.1, 0.15) is 0 Å². The average Bonchev–Trinajstić information content (AvgIpc) is 3.17. The molecule has 1 aromatic heterocycles. The van der Waals surface area contributed by atoms with Crippen molar-refractivity contribution in [1.29, 1.82) is 0 Å². The quantitative estimate of drug-likeness (QED) is 0.825. The summed E-state index contributed by atoms with van der Waals surface area (Å²) in [6.45, 7) is 8.19. The fourth-order valence-corrected chi connectivity index (χ4v) is 4.78. The molecule has 0 spiro atoms. The highest BCUT2D eigenvalue weighted by molar-refractivity contribution is 6.30. The number of likely N-dealkylation sites (tertiary alicyclic amines) is 1. The number of carbonyl (C=O) groups is 1. The highest BCUT2D eigenvalue weighted by Crippen LogP contribution is 2.30. The van der Waals surface area contributed by atoms with Gasteiger partial charge in [-0.1, -0.05) is 23.7 Å². The molecule has 1 N–H and O–H groups in total. The Morgan fingerprint density at radius 2 is 1.97 bits per heavy atom. The number of benzene rings is 1. The number of hydrogen-bond donors (Lipinski definition) is 1. The van der Waals surface area contributed by atoms with Crippen LogP contribution in [-0.2, 0) is 11.3 Å². The van der Waals surface area contributed by atoms with Gasteiger partial charge < -0.3 is 9.64 Å². The zero-order valence-electron chi connectivity index (χ0n) is 17.1. The number of rotatable bonds is 4. The van der Waals surface area contributed by atoms with Crippen molar-refractivity contribution in [2.45, 2.75) is 51.4 Å². The molecule has 2 saturated heterocycles. The third-order valence-corrected chi connectivity index (χ3v) is 6.13. The number of ether oxygens (including phenoxy) is 1. The highest BCUT2D eigenvalue weighted by Gasteiger charge is 2.31. The SMILES string of the molecule is C[C@@H]1CN(C(=O)c2cn[nH]c2C2CCN(Cc3cccc(Cl)c3)CC2)C[C@H](C)O1. The van der Waals surface area contributed by atoms with Crippen LogP contribution in [0.4, 0.5) is 0 Å². The van der Waals surface area contributed by atoms with Gasteiger partial charge in [-0.15, -0.1) is 0 Å². The second-order valence-electron chi connectivity index (χ2n) is 8.35. The third-order valence-electron chi connectivity index (χ3n) is 5.90. The number of carbonyl (C=O) groups excluding carboxylic acids is 1. The van der Waals surface area contributed by atoms with E-state index in [0.717, 1.165) is 48.8 Å². The van der Waals surface area contributed by atoms with Crippen LogP contribution in [0.1, 0.15) is 54.2 Å². The van der Waals surface area contributed by atoms with Gasteiger partial charge >= 0.3 is 0 Å². The summed E-state index contributed by atoms with van der Waals surface area (Å²) in [6, 6.07) is 8.06. The van der Waals surface area contributed by atoms with Gasteiger partial charge in [0.25, 0.3) is 5.91 Å². The first-order chi connectivity index (χ1) is 14.0. The number of piperidine rings is 1. The molecule has 6 nitrogen and oxygen atoms in total. The molecule has 0 saturated carbocycles. The van der Waals surface area contributed by atoms with Gasteiger partial charge in [-0.3, -0.25) is 14.8 Å². The number of halogens is 1. The van der Waals surface area contributed by atoms with E-state index >= 15 is 0 Å². The van der Waals surface area contributed by atoms with Crippen LogP contribution in [0.3, 0.4) is 0 Å². The summed E-state index contributed by atoms with van der Waals surface area (Å²) < 4.78 is 5.77. The normalized spacial score (nSPS) is 24.0. The minimum absolute atomic E-state index is 0.0628. The molecule has 3 heterocycles. The highest BCUT2D eigenvalue weighted by atomic mass is 35.5. The summed E-state index contributed by atoms with van der Waals surface area (Å²) >= 11 is 6.11. The summed E-state index contributed by atoms with van der Waals surface area (Å²) in [4.78, 5) is 17.5. The molecule has 0 aliphatic carbocycles. The van der Waals surface area contributed by atoms with Crippen LogP contribution >= 0.6 is 11.6 Å². The molecule has 1 amide bonds. The minimum Gasteiger partial charge on any atom is -0.372 e. The Morgan fingerprint density at radius 1 is 1.24 bits per heavy atom. The van der Waals surface area contributed by atoms with E-state index in [1.165, 1.54) is 5.56 Å². The molecule has 0 radical (unpaired) electrons. The topological polar surface area (TPSA) is 61.5 Å². The van der Waals surface area contributed by atoms with Crippen molar-refractivity contribution in [3.05, 3.63) is 52.3 Å². The smallest absolute Gasteiger partial charge is 0.257 e. The lowest BCUT2D eigenvalue weighted by Crippen LogP contribution is -2.48. The number of aromatic nitrogens is 2. The molecule has 2 aliphatic heterocycles. The largest absolute Gasteiger partial charge is 0.372 e. The number of hydrogen-bond acceptors (Lipinski definition) is 4. The molecule has 2 fully saturated rings. The van der Waals surface area contributed by atoms with E-state index in [1.807, 2.05) is 36.9 Å². The maximum atomic E-state index is 13.1. The van der Waals surface area contributed by atoms with Crippen LogP contribution in [0.5, 0.6) is 0 Å². The second-order valence-corrected chi connectivity index (χ2v) is 8.78. The Morgan fingerprint density at radius 3 is 2.66 bits per heavy atom. The summed E-state index contributed by atoms with van der Waals surface area (Å²) in [5, 5.41) is 8.12. The Hall–Kier alpha value is -1.89. The van der Waals surface area contributed by atoms with E-state index in [2.05, 4.69) is 21.2 Å². The van der Waals surface area contributed by atoms with Crippen molar-refractivity contribution in [2.75, 3.05) is 26.2 Å². The molecule has 7 heteroatoms. The summed E-state index contributed by atoms with van der Waals surface area (Å²) in [5.41, 5.74) is 2.95. The van der Waals surface area contributed by atoms with E-state index in [1.54, 1.807) is 6.20 Å². The van der Waals surface area contributed by atoms with Crippen molar-refractivity contribution in [3.8, 4) is 0 Å². The number of nitrogens with one attached hydrogen (secondary N) is 1. The first-order valence-electron chi connectivity index (χ1n) is 10.4. The van der Waals surface area contributed by atoms with Gasteiger partial charge in [0, 0.05) is 30.6 Å².